The Balaban J connectivity index is 1.41. The molecular formula is C25H21N3O2S. The molecular weight excluding hydrogens is 406 g/mol. The molecule has 0 spiro atoms. The summed E-state index contributed by atoms with van der Waals surface area (Å²) in [6.45, 7) is 0.369. The lowest BCUT2D eigenvalue weighted by Gasteiger charge is -2.23. The van der Waals surface area contributed by atoms with Gasteiger partial charge in [0, 0.05) is 12.2 Å². The molecule has 0 unspecified atom stereocenters. The minimum Gasteiger partial charge on any atom is -0.333 e. The molecule has 1 heterocycles. The van der Waals surface area contributed by atoms with Crippen molar-refractivity contribution < 1.29 is 9.59 Å². The summed E-state index contributed by atoms with van der Waals surface area (Å²) in [7, 11) is 0. The van der Waals surface area contributed by atoms with Gasteiger partial charge in [-0.3, -0.25) is 9.69 Å². The van der Waals surface area contributed by atoms with Crippen LogP contribution in [0.15, 0.2) is 102 Å². The van der Waals surface area contributed by atoms with Crippen LogP contribution in [0.25, 0.3) is 0 Å². The van der Waals surface area contributed by atoms with Crippen molar-refractivity contribution in [2.75, 3.05) is 10.2 Å². The van der Waals surface area contributed by atoms with E-state index >= 15 is 0 Å². The van der Waals surface area contributed by atoms with Crippen LogP contribution in [0, 0.1) is 0 Å². The predicted molar refractivity (Wildman–Crippen MR) is 126 cm³/mol. The molecule has 154 valence electrons. The van der Waals surface area contributed by atoms with Crippen molar-refractivity contribution >= 4 is 40.3 Å². The topological polar surface area (TPSA) is 61.4 Å². The zero-order chi connectivity index (χ0) is 21.5. The number of nitrogens with zero attached hydrogens (tertiary/aromatic N) is 1. The van der Waals surface area contributed by atoms with Gasteiger partial charge in [0.2, 0.25) is 0 Å². The minimum absolute atomic E-state index is 0.127. The van der Waals surface area contributed by atoms with Crippen LogP contribution in [0.5, 0.6) is 0 Å². The zero-order valence-electron chi connectivity index (χ0n) is 16.7. The van der Waals surface area contributed by atoms with Gasteiger partial charge in [-0.05, 0) is 53.4 Å². The van der Waals surface area contributed by atoms with E-state index in [1.807, 2.05) is 96.4 Å². The van der Waals surface area contributed by atoms with Crippen molar-refractivity contribution in [3.05, 3.63) is 113 Å². The first kappa shape index (κ1) is 20.4. The lowest BCUT2D eigenvalue weighted by Crippen LogP contribution is -2.36. The number of benzene rings is 3. The summed E-state index contributed by atoms with van der Waals surface area (Å²) in [6, 6.07) is 29.9. The molecule has 3 aromatic carbocycles. The number of hydrogen-bond donors (Lipinski definition) is 2. The fourth-order valence-corrected chi connectivity index (χ4v) is 3.72. The standard InChI is InChI=1S/C25H21N3O2S/c29-24(23-12-7-17-31-23)27-20-15-13-19(14-16-20)18-26-25(30)28(21-8-3-1-4-9-21)22-10-5-2-6-11-22/h1-17H,18H2,(H,26,30)(H,27,29). The van der Waals surface area contributed by atoms with Crippen LogP contribution in [-0.4, -0.2) is 11.9 Å². The van der Waals surface area contributed by atoms with Gasteiger partial charge in [0.25, 0.3) is 5.91 Å². The summed E-state index contributed by atoms with van der Waals surface area (Å²) in [5.74, 6) is -0.127. The highest BCUT2D eigenvalue weighted by atomic mass is 32.1. The number of anilines is 3. The first-order valence-electron chi connectivity index (χ1n) is 9.82. The Morgan fingerprint density at radius 3 is 1.90 bits per heavy atom. The van der Waals surface area contributed by atoms with Crippen molar-refractivity contribution in [2.24, 2.45) is 0 Å². The number of para-hydroxylation sites is 2. The van der Waals surface area contributed by atoms with Crippen molar-refractivity contribution in [3.8, 4) is 0 Å². The smallest absolute Gasteiger partial charge is 0.326 e. The third-order valence-electron chi connectivity index (χ3n) is 4.63. The Morgan fingerprint density at radius 1 is 0.742 bits per heavy atom. The molecule has 4 aromatic rings. The number of rotatable bonds is 6. The van der Waals surface area contributed by atoms with E-state index in [1.165, 1.54) is 11.3 Å². The van der Waals surface area contributed by atoms with Crippen LogP contribution < -0.4 is 15.5 Å². The van der Waals surface area contributed by atoms with Crippen LogP contribution >= 0.6 is 11.3 Å². The van der Waals surface area contributed by atoms with E-state index in [-0.39, 0.29) is 11.9 Å². The number of nitrogens with one attached hydrogen (secondary N) is 2. The highest BCUT2D eigenvalue weighted by Crippen LogP contribution is 2.25. The Kier molecular flexibility index (Phi) is 6.40. The summed E-state index contributed by atoms with van der Waals surface area (Å²) in [5, 5.41) is 7.72. The van der Waals surface area contributed by atoms with E-state index in [0.717, 1.165) is 16.9 Å². The number of carbonyl (C=O) groups is 2. The minimum atomic E-state index is -0.215. The number of amides is 3. The molecule has 0 radical (unpaired) electrons. The third kappa shape index (κ3) is 5.18. The van der Waals surface area contributed by atoms with Gasteiger partial charge < -0.3 is 10.6 Å². The molecule has 0 fully saturated rings. The number of hydrogen-bond acceptors (Lipinski definition) is 3. The number of urea groups is 1. The van der Waals surface area contributed by atoms with E-state index in [9.17, 15) is 9.59 Å². The fourth-order valence-electron chi connectivity index (χ4n) is 3.10. The monoisotopic (exact) mass is 427 g/mol. The Hall–Kier alpha value is -3.90. The summed E-state index contributed by atoms with van der Waals surface area (Å²) in [4.78, 5) is 27.5. The molecule has 0 aliphatic rings. The van der Waals surface area contributed by atoms with Gasteiger partial charge in [0.1, 0.15) is 0 Å². The van der Waals surface area contributed by atoms with Gasteiger partial charge in [-0.2, -0.15) is 0 Å². The molecule has 0 bridgehead atoms. The first-order chi connectivity index (χ1) is 15.2. The number of carbonyl (C=O) groups excluding carboxylic acids is 2. The highest BCUT2D eigenvalue weighted by molar-refractivity contribution is 7.12. The van der Waals surface area contributed by atoms with Crippen LogP contribution in [0.2, 0.25) is 0 Å². The molecule has 3 amide bonds. The Bertz CT molecular complexity index is 1090. The van der Waals surface area contributed by atoms with Crippen molar-refractivity contribution in [1.82, 2.24) is 5.32 Å². The summed E-state index contributed by atoms with van der Waals surface area (Å²) in [6.07, 6.45) is 0. The summed E-state index contributed by atoms with van der Waals surface area (Å²) in [5.41, 5.74) is 3.22. The van der Waals surface area contributed by atoms with Gasteiger partial charge >= 0.3 is 6.03 Å². The largest absolute Gasteiger partial charge is 0.333 e. The van der Waals surface area contributed by atoms with Crippen LogP contribution in [0.4, 0.5) is 21.9 Å². The van der Waals surface area contributed by atoms with Crippen molar-refractivity contribution in [1.29, 1.82) is 0 Å². The predicted octanol–water partition coefficient (Wildman–Crippen LogP) is 6.05. The lowest BCUT2D eigenvalue weighted by atomic mass is 10.2. The van der Waals surface area contributed by atoms with Gasteiger partial charge in [-0.25, -0.2) is 4.79 Å². The highest BCUT2D eigenvalue weighted by Gasteiger charge is 2.17. The molecule has 6 heteroatoms. The molecule has 0 saturated heterocycles. The maximum atomic E-state index is 13.0. The van der Waals surface area contributed by atoms with Crippen LogP contribution in [-0.2, 0) is 6.54 Å². The molecule has 4 rings (SSSR count). The Labute approximate surface area is 185 Å². The molecule has 5 nitrogen and oxygen atoms in total. The van der Waals surface area contributed by atoms with Crippen molar-refractivity contribution in [2.45, 2.75) is 6.54 Å². The van der Waals surface area contributed by atoms with Crippen LogP contribution in [0.1, 0.15) is 15.2 Å². The molecule has 2 N–H and O–H groups in total. The molecule has 0 aliphatic heterocycles. The van der Waals surface area contributed by atoms with Crippen LogP contribution in [0.3, 0.4) is 0 Å². The average molecular weight is 428 g/mol. The quantitative estimate of drug-likeness (QED) is 0.394. The van der Waals surface area contributed by atoms with Gasteiger partial charge in [0.15, 0.2) is 0 Å². The lowest BCUT2D eigenvalue weighted by molar-refractivity contribution is 0.103. The second-order valence-electron chi connectivity index (χ2n) is 6.79. The van der Waals surface area contributed by atoms with Gasteiger partial charge in [0.05, 0.1) is 16.3 Å². The second kappa shape index (κ2) is 9.73. The maximum Gasteiger partial charge on any atom is 0.326 e. The molecule has 0 atom stereocenters. The van der Waals surface area contributed by atoms with E-state index in [0.29, 0.717) is 17.1 Å². The number of thiophene rings is 1. The average Bonchev–Trinajstić information content (AvgIpc) is 3.36. The van der Waals surface area contributed by atoms with E-state index in [1.54, 1.807) is 11.0 Å². The second-order valence-corrected chi connectivity index (χ2v) is 7.74. The van der Waals surface area contributed by atoms with E-state index in [2.05, 4.69) is 10.6 Å². The summed E-state index contributed by atoms with van der Waals surface area (Å²) < 4.78 is 0. The molecule has 1 aromatic heterocycles. The SMILES string of the molecule is O=C(Nc1ccc(CNC(=O)N(c2ccccc2)c2ccccc2)cc1)c1cccs1. The zero-order valence-corrected chi connectivity index (χ0v) is 17.5. The van der Waals surface area contributed by atoms with Gasteiger partial charge in [-0.15, -0.1) is 11.3 Å². The molecule has 0 aliphatic carbocycles. The normalized spacial score (nSPS) is 10.3. The summed E-state index contributed by atoms with van der Waals surface area (Å²) >= 11 is 1.40. The fraction of sp³-hybridized carbons (Fsp3) is 0.0400. The molecule has 31 heavy (non-hydrogen) atoms. The van der Waals surface area contributed by atoms with E-state index < -0.39 is 0 Å². The van der Waals surface area contributed by atoms with E-state index in [4.69, 9.17) is 0 Å². The Morgan fingerprint density at radius 2 is 1.35 bits per heavy atom. The maximum absolute atomic E-state index is 13.0. The van der Waals surface area contributed by atoms with Gasteiger partial charge in [-0.1, -0.05) is 54.6 Å². The first-order valence-corrected chi connectivity index (χ1v) is 10.7. The third-order valence-corrected chi connectivity index (χ3v) is 5.50. The molecule has 0 saturated carbocycles. The van der Waals surface area contributed by atoms with Crippen molar-refractivity contribution in [3.63, 3.8) is 0 Å².